The second-order valence-electron chi connectivity index (χ2n) is 25.2. The van der Waals surface area contributed by atoms with Crippen molar-refractivity contribution in [3.8, 4) is 0 Å². The van der Waals surface area contributed by atoms with Gasteiger partial charge in [0.25, 0.3) is 0 Å². The number of esters is 4. The quantitative estimate of drug-likeness (QED) is 0.0169. The Morgan fingerprint density at radius 2 is 0.540 bits per heavy atom. The molecule has 0 saturated heterocycles. The fourth-order valence-electron chi connectivity index (χ4n) is 9.76. The normalized spacial score (nSPS) is 14.7. The second kappa shape index (κ2) is 72.5. The van der Waals surface area contributed by atoms with E-state index in [4.69, 9.17) is 37.0 Å². The Labute approximate surface area is 605 Å². The Morgan fingerprint density at radius 3 is 0.860 bits per heavy atom. The van der Waals surface area contributed by atoms with Crippen LogP contribution in [0, 0.1) is 0 Å². The molecular weight excluding hydrogens is 1310 g/mol. The van der Waals surface area contributed by atoms with Crippen molar-refractivity contribution in [3.05, 3.63) is 134 Å². The lowest BCUT2D eigenvalue weighted by Gasteiger charge is -2.21. The van der Waals surface area contributed by atoms with Crippen LogP contribution in [-0.4, -0.2) is 96.7 Å². The fraction of sp³-hybridized carbons (Fsp3) is 0.679. The number of rotatable bonds is 71. The van der Waals surface area contributed by atoms with Gasteiger partial charge in [-0.3, -0.25) is 37.3 Å². The Morgan fingerprint density at radius 1 is 0.290 bits per heavy atom. The molecule has 0 aliphatic rings. The Bertz CT molecular complexity index is 2420. The molecule has 0 saturated carbocycles. The number of phosphoric ester groups is 2. The van der Waals surface area contributed by atoms with E-state index >= 15 is 0 Å². The predicted molar refractivity (Wildman–Crippen MR) is 408 cm³/mol. The smallest absolute Gasteiger partial charge is 0.462 e. The van der Waals surface area contributed by atoms with Crippen molar-refractivity contribution in [2.24, 2.45) is 0 Å². The van der Waals surface area contributed by atoms with Gasteiger partial charge in [0.1, 0.15) is 19.3 Å². The summed E-state index contributed by atoms with van der Waals surface area (Å²) >= 11 is 0. The number of ether oxygens (including phenoxy) is 4. The molecule has 0 aliphatic heterocycles. The number of aliphatic hydroxyl groups excluding tert-OH is 1. The number of carbonyl (C=O) groups excluding carboxylic acids is 4. The molecule has 3 N–H and O–H groups in total. The summed E-state index contributed by atoms with van der Waals surface area (Å²) in [6, 6.07) is 0. The predicted octanol–water partition coefficient (Wildman–Crippen LogP) is 22.1. The van der Waals surface area contributed by atoms with Gasteiger partial charge in [-0.05, 0) is 154 Å². The lowest BCUT2D eigenvalue weighted by atomic mass is 10.1. The van der Waals surface area contributed by atoms with Crippen LogP contribution in [0.4, 0.5) is 0 Å². The monoisotopic (exact) mass is 1440 g/mol. The maximum absolute atomic E-state index is 13.1. The summed E-state index contributed by atoms with van der Waals surface area (Å²) in [7, 11) is -9.98. The van der Waals surface area contributed by atoms with E-state index in [1.807, 2.05) is 0 Å². The molecular formula is C81H136O17P2. The minimum absolute atomic E-state index is 0.0665. The van der Waals surface area contributed by atoms with E-state index in [1.54, 1.807) is 0 Å². The Balaban J connectivity index is 5.41. The third kappa shape index (κ3) is 71.6. The topological polar surface area (TPSA) is 237 Å². The van der Waals surface area contributed by atoms with E-state index in [1.165, 1.54) is 19.3 Å². The standard InChI is InChI=1S/C81H136O17P2/c1-5-9-13-17-21-25-29-33-36-37-40-43-46-50-54-58-62-66-79(84)92-71-76(97-80(85)67-63-59-55-51-47-41-32-28-24-20-16-12-8-4)73-95-99(87,88)93-69-75(82)70-94-100(89,90)96-74-77(98-81(86)68-64-60-56-52-48-44-39-35-31-27-23-19-15-11-7-3)72-91-78(83)65-61-57-53-49-45-42-38-34-30-26-22-18-14-10-6-2/h9-10,13-14,16,20-23,25-28,32-36,38-39,45,49,75-77,82H,5-8,11-12,15,17-19,24,29-31,37,40-44,46-48,50-74H2,1-4H3,(H,87,88)(H,89,90)/b13-9-,14-10-,20-16-,25-21-,26-22-,27-23-,32-28-,36-33-,38-34-,39-35-,49-45-. The van der Waals surface area contributed by atoms with Gasteiger partial charge in [-0.1, -0.05) is 251 Å². The summed E-state index contributed by atoms with van der Waals surface area (Å²) in [6.07, 6.45) is 80.1. The van der Waals surface area contributed by atoms with E-state index in [-0.39, 0.29) is 25.7 Å². The summed E-state index contributed by atoms with van der Waals surface area (Å²) in [5.74, 6) is -2.27. The van der Waals surface area contributed by atoms with Crippen LogP contribution in [0.2, 0.25) is 0 Å². The average molecular weight is 1440 g/mol. The Hall–Kier alpha value is -4.80. The van der Waals surface area contributed by atoms with Crippen molar-refractivity contribution in [2.45, 2.75) is 316 Å². The number of phosphoric acid groups is 2. The van der Waals surface area contributed by atoms with E-state index in [9.17, 15) is 43.2 Å². The third-order valence-electron chi connectivity index (χ3n) is 15.6. The molecule has 0 aromatic carbocycles. The number of aliphatic hydroxyl groups is 1. The van der Waals surface area contributed by atoms with Crippen LogP contribution in [0.1, 0.15) is 297 Å². The van der Waals surface area contributed by atoms with Crippen molar-refractivity contribution in [3.63, 3.8) is 0 Å². The van der Waals surface area contributed by atoms with Crippen LogP contribution >= 0.6 is 15.6 Å². The number of unbranched alkanes of at least 4 members (excludes halogenated alkanes) is 23. The number of carbonyl (C=O) groups is 4. The van der Waals surface area contributed by atoms with Crippen LogP contribution < -0.4 is 0 Å². The van der Waals surface area contributed by atoms with Gasteiger partial charge in [-0.25, -0.2) is 9.13 Å². The molecule has 17 nitrogen and oxygen atoms in total. The maximum Gasteiger partial charge on any atom is 0.472 e. The zero-order chi connectivity index (χ0) is 73.2. The van der Waals surface area contributed by atoms with Gasteiger partial charge in [0.05, 0.1) is 26.4 Å². The van der Waals surface area contributed by atoms with Gasteiger partial charge in [-0.15, -0.1) is 0 Å². The molecule has 0 aromatic heterocycles. The zero-order valence-electron chi connectivity index (χ0n) is 62.3. The minimum Gasteiger partial charge on any atom is -0.462 e. The first-order valence-electron chi connectivity index (χ1n) is 38.4. The first kappa shape index (κ1) is 95.2. The van der Waals surface area contributed by atoms with E-state index in [2.05, 4.69) is 161 Å². The van der Waals surface area contributed by atoms with E-state index in [0.717, 1.165) is 199 Å². The highest BCUT2D eigenvalue weighted by Gasteiger charge is 2.30. The van der Waals surface area contributed by atoms with Gasteiger partial charge >= 0.3 is 39.5 Å². The molecule has 5 unspecified atom stereocenters. The number of allylic oxidation sites excluding steroid dienone is 22. The molecule has 0 rings (SSSR count). The number of hydrogen-bond donors (Lipinski definition) is 3. The van der Waals surface area contributed by atoms with Gasteiger partial charge in [0, 0.05) is 25.7 Å². The van der Waals surface area contributed by atoms with Crippen molar-refractivity contribution >= 4 is 39.5 Å². The highest BCUT2D eigenvalue weighted by molar-refractivity contribution is 7.47. The molecule has 0 amide bonds. The summed E-state index contributed by atoms with van der Waals surface area (Å²) < 4.78 is 68.4. The molecule has 0 heterocycles. The molecule has 0 bridgehead atoms. The van der Waals surface area contributed by atoms with Crippen LogP contribution in [0.15, 0.2) is 134 Å². The van der Waals surface area contributed by atoms with Crippen molar-refractivity contribution < 1.29 is 80.2 Å². The highest BCUT2D eigenvalue weighted by Crippen LogP contribution is 2.45. The fourth-order valence-corrected chi connectivity index (χ4v) is 11.3. The lowest BCUT2D eigenvalue weighted by molar-refractivity contribution is -0.161. The maximum atomic E-state index is 13.1. The van der Waals surface area contributed by atoms with Crippen molar-refractivity contribution in [1.82, 2.24) is 0 Å². The van der Waals surface area contributed by atoms with E-state index in [0.29, 0.717) is 25.7 Å². The van der Waals surface area contributed by atoms with Crippen molar-refractivity contribution in [2.75, 3.05) is 39.6 Å². The highest BCUT2D eigenvalue weighted by atomic mass is 31.2. The molecule has 19 heteroatoms. The largest absolute Gasteiger partial charge is 0.472 e. The third-order valence-corrected chi connectivity index (χ3v) is 17.5. The molecule has 0 fully saturated rings. The van der Waals surface area contributed by atoms with Crippen LogP contribution in [-0.2, 0) is 65.4 Å². The summed E-state index contributed by atoms with van der Waals surface area (Å²) in [4.78, 5) is 72.9. The van der Waals surface area contributed by atoms with Crippen LogP contribution in [0.5, 0.6) is 0 Å². The molecule has 0 spiro atoms. The molecule has 0 aromatic rings. The summed E-state index contributed by atoms with van der Waals surface area (Å²) in [5, 5.41) is 10.6. The number of hydrogen-bond acceptors (Lipinski definition) is 15. The molecule has 0 radical (unpaired) electrons. The lowest BCUT2D eigenvalue weighted by Crippen LogP contribution is -2.30. The van der Waals surface area contributed by atoms with Gasteiger partial charge in [-0.2, -0.15) is 0 Å². The summed E-state index contributed by atoms with van der Waals surface area (Å²) in [6.45, 7) is 4.46. The molecule has 572 valence electrons. The van der Waals surface area contributed by atoms with Gasteiger partial charge < -0.3 is 33.8 Å². The SMILES string of the molecule is CC/C=C\C/C=C\C/C=C\C/C=C\CCCCC(=O)OCC(COP(=O)(O)OCC(O)COP(=O)(O)OCC(COC(=O)CCCCCCCCC/C=C\C/C=C\C/C=C\CC)OC(=O)CCCCCCC/C=C\C/C=C\CCC)OC(=O)CCCCCCC/C=C\C/C=C\CCCCC. The Kier molecular flexibility index (Phi) is 69.1. The molecule has 100 heavy (non-hydrogen) atoms. The van der Waals surface area contributed by atoms with Gasteiger partial charge in [0.15, 0.2) is 12.2 Å². The zero-order valence-corrected chi connectivity index (χ0v) is 64.1. The van der Waals surface area contributed by atoms with Crippen LogP contribution in [0.25, 0.3) is 0 Å². The average Bonchev–Trinajstić information content (AvgIpc) is 0.988. The molecule has 0 aliphatic carbocycles. The first-order valence-corrected chi connectivity index (χ1v) is 41.4. The van der Waals surface area contributed by atoms with Crippen molar-refractivity contribution in [1.29, 1.82) is 0 Å². The summed E-state index contributed by atoms with van der Waals surface area (Å²) in [5.41, 5.74) is 0. The van der Waals surface area contributed by atoms with Crippen LogP contribution in [0.3, 0.4) is 0 Å². The molecule has 5 atom stereocenters. The minimum atomic E-state index is -4.99. The van der Waals surface area contributed by atoms with Gasteiger partial charge in [0.2, 0.25) is 0 Å². The first-order chi connectivity index (χ1) is 48.7. The second-order valence-corrected chi connectivity index (χ2v) is 28.1. The van der Waals surface area contributed by atoms with E-state index < -0.39 is 97.5 Å².